The van der Waals surface area contributed by atoms with Crippen molar-refractivity contribution < 1.29 is 0 Å². The maximum atomic E-state index is 6.37. The number of rotatable bonds is 6. The zero-order chi connectivity index (χ0) is 25.0. The summed E-state index contributed by atoms with van der Waals surface area (Å²) >= 11 is 18.3. The molecule has 1 aliphatic heterocycles. The average molecular weight is 542 g/mol. The Balaban J connectivity index is 1.21. The van der Waals surface area contributed by atoms with Gasteiger partial charge in [-0.2, -0.15) is 4.98 Å². The van der Waals surface area contributed by atoms with E-state index in [1.807, 2.05) is 24.3 Å². The van der Waals surface area contributed by atoms with E-state index in [0.717, 1.165) is 56.4 Å². The highest BCUT2D eigenvalue weighted by atomic mass is 35.5. The molecule has 2 aliphatic rings. The van der Waals surface area contributed by atoms with Crippen molar-refractivity contribution in [2.45, 2.75) is 31.1 Å². The number of hydrogen-bond acceptors (Lipinski definition) is 5. The van der Waals surface area contributed by atoms with Crippen LogP contribution in [0, 0.1) is 0 Å². The van der Waals surface area contributed by atoms with Gasteiger partial charge in [0.2, 0.25) is 5.95 Å². The number of anilines is 3. The van der Waals surface area contributed by atoms with Crippen LogP contribution < -0.4 is 20.4 Å². The van der Waals surface area contributed by atoms with Crippen molar-refractivity contribution >= 4 is 58.0 Å². The summed E-state index contributed by atoms with van der Waals surface area (Å²) in [7, 11) is 0. The van der Waals surface area contributed by atoms with Crippen molar-refractivity contribution in [3.63, 3.8) is 0 Å². The number of benzene rings is 2. The molecule has 0 atom stereocenters. The molecule has 0 radical (unpaired) electrons. The number of aromatic nitrogens is 2. The lowest BCUT2D eigenvalue weighted by atomic mass is 9.79. The molecule has 9 heteroatoms. The Morgan fingerprint density at radius 1 is 0.889 bits per heavy atom. The Hall–Kier alpha value is -2.61. The number of nitrogens with zero attached hydrogens (tertiary/aromatic N) is 4. The first-order chi connectivity index (χ1) is 17.5. The van der Waals surface area contributed by atoms with E-state index < -0.39 is 0 Å². The smallest absolute Gasteiger partial charge is 0.232 e. The van der Waals surface area contributed by atoms with E-state index in [2.05, 4.69) is 61.8 Å². The molecule has 0 bridgehead atoms. The second-order valence-corrected chi connectivity index (χ2v) is 10.7. The molecule has 188 valence electrons. The number of piperazine rings is 1. The number of halogens is 2. The van der Waals surface area contributed by atoms with Gasteiger partial charge in [0.05, 0.1) is 0 Å². The summed E-state index contributed by atoms with van der Waals surface area (Å²) in [6, 6.07) is 20.5. The van der Waals surface area contributed by atoms with E-state index in [1.54, 1.807) is 0 Å². The molecule has 1 aromatic heterocycles. The SMILES string of the molecule is S=C(NCC1(c2cccc(Cl)c2)CCCC1)Nc1nc(Cl)cc(N2CCN(c3ccccc3)CC2)n1. The number of hydrogen-bond donors (Lipinski definition) is 2. The van der Waals surface area contributed by atoms with Crippen LogP contribution in [0.2, 0.25) is 10.2 Å². The first-order valence-corrected chi connectivity index (χ1v) is 13.6. The summed E-state index contributed by atoms with van der Waals surface area (Å²) in [5.74, 6) is 1.21. The topological polar surface area (TPSA) is 56.3 Å². The number of para-hydroxylation sites is 1. The summed E-state index contributed by atoms with van der Waals surface area (Å²) in [4.78, 5) is 13.7. The third-order valence-corrected chi connectivity index (χ3v) is 7.89. The third kappa shape index (κ3) is 5.85. The third-order valence-electron chi connectivity index (χ3n) is 7.22. The quantitative estimate of drug-likeness (QED) is 0.297. The maximum Gasteiger partial charge on any atom is 0.232 e. The molecule has 1 saturated heterocycles. The van der Waals surface area contributed by atoms with Gasteiger partial charge in [-0.3, -0.25) is 0 Å². The largest absolute Gasteiger partial charge is 0.368 e. The predicted molar refractivity (Wildman–Crippen MR) is 154 cm³/mol. The van der Waals surface area contributed by atoms with Gasteiger partial charge in [0, 0.05) is 54.9 Å². The Morgan fingerprint density at radius 2 is 1.61 bits per heavy atom. The number of nitrogens with one attached hydrogen (secondary N) is 2. The van der Waals surface area contributed by atoms with E-state index in [0.29, 0.717) is 16.2 Å². The highest BCUT2D eigenvalue weighted by Gasteiger charge is 2.35. The Morgan fingerprint density at radius 3 is 2.33 bits per heavy atom. The van der Waals surface area contributed by atoms with Crippen molar-refractivity contribution in [1.29, 1.82) is 0 Å². The standard InChI is InChI=1S/C27H30Cl2N6S/c28-21-8-6-7-20(17-21)27(11-4-5-12-27)19-30-26(36)33-25-31-23(29)18-24(32-25)35-15-13-34(14-16-35)22-9-2-1-3-10-22/h1-3,6-10,17-18H,4-5,11-16,19H2,(H2,30,31,32,33,36). The lowest BCUT2D eigenvalue weighted by Gasteiger charge is -2.36. The monoisotopic (exact) mass is 540 g/mol. The molecular weight excluding hydrogens is 511 g/mol. The van der Waals surface area contributed by atoms with Crippen molar-refractivity contribution in [1.82, 2.24) is 15.3 Å². The Bertz CT molecular complexity index is 1190. The van der Waals surface area contributed by atoms with E-state index in [-0.39, 0.29) is 5.41 Å². The fraction of sp³-hybridized carbons (Fsp3) is 0.370. The van der Waals surface area contributed by atoms with Gasteiger partial charge in [0.1, 0.15) is 11.0 Å². The molecular formula is C27H30Cl2N6S. The van der Waals surface area contributed by atoms with E-state index >= 15 is 0 Å². The van der Waals surface area contributed by atoms with E-state index in [1.165, 1.54) is 24.1 Å². The molecule has 6 nitrogen and oxygen atoms in total. The van der Waals surface area contributed by atoms with Crippen LogP contribution in [0.25, 0.3) is 0 Å². The molecule has 36 heavy (non-hydrogen) atoms. The van der Waals surface area contributed by atoms with Gasteiger partial charge in [0.25, 0.3) is 0 Å². The normalized spacial score (nSPS) is 17.2. The van der Waals surface area contributed by atoms with Gasteiger partial charge in [-0.15, -0.1) is 0 Å². The lowest BCUT2D eigenvalue weighted by molar-refractivity contribution is 0.435. The first kappa shape index (κ1) is 25.1. The van der Waals surface area contributed by atoms with Gasteiger partial charge in [0.15, 0.2) is 5.11 Å². The van der Waals surface area contributed by atoms with Crippen LogP contribution in [-0.2, 0) is 5.41 Å². The molecule has 3 aromatic rings. The zero-order valence-electron chi connectivity index (χ0n) is 20.1. The first-order valence-electron chi connectivity index (χ1n) is 12.4. The molecule has 0 amide bonds. The Labute approximate surface area is 228 Å². The number of thiocarbonyl (C=S) groups is 1. The van der Waals surface area contributed by atoms with Crippen LogP contribution in [0.15, 0.2) is 60.7 Å². The van der Waals surface area contributed by atoms with Gasteiger partial charge in [-0.25, -0.2) is 4.98 Å². The van der Waals surface area contributed by atoms with Crippen molar-refractivity contribution in [2.75, 3.05) is 47.8 Å². The van der Waals surface area contributed by atoms with Crippen molar-refractivity contribution in [2.24, 2.45) is 0 Å². The van der Waals surface area contributed by atoms with Crippen LogP contribution >= 0.6 is 35.4 Å². The zero-order valence-corrected chi connectivity index (χ0v) is 22.4. The fourth-order valence-corrected chi connectivity index (χ4v) is 5.82. The minimum atomic E-state index is 0.0232. The predicted octanol–water partition coefficient (Wildman–Crippen LogP) is 5.91. The van der Waals surface area contributed by atoms with Crippen LogP contribution in [0.3, 0.4) is 0 Å². The minimum Gasteiger partial charge on any atom is -0.368 e. The molecule has 2 heterocycles. The summed E-state index contributed by atoms with van der Waals surface area (Å²) in [5.41, 5.74) is 2.53. The fourth-order valence-electron chi connectivity index (χ4n) is 5.29. The second-order valence-electron chi connectivity index (χ2n) is 9.49. The molecule has 5 rings (SSSR count). The molecule has 2 fully saturated rings. The molecule has 2 aromatic carbocycles. The van der Waals surface area contributed by atoms with Crippen molar-refractivity contribution in [3.8, 4) is 0 Å². The van der Waals surface area contributed by atoms with Crippen LogP contribution in [0.4, 0.5) is 17.5 Å². The Kier molecular flexibility index (Phi) is 7.79. The molecule has 0 spiro atoms. The van der Waals surface area contributed by atoms with Crippen LogP contribution in [0.1, 0.15) is 31.2 Å². The van der Waals surface area contributed by atoms with E-state index in [4.69, 9.17) is 40.4 Å². The molecule has 1 aliphatic carbocycles. The lowest BCUT2D eigenvalue weighted by Crippen LogP contribution is -2.47. The summed E-state index contributed by atoms with van der Waals surface area (Å²) in [5, 5.41) is 8.21. The highest BCUT2D eigenvalue weighted by molar-refractivity contribution is 7.80. The molecule has 2 N–H and O–H groups in total. The summed E-state index contributed by atoms with van der Waals surface area (Å²) in [6.07, 6.45) is 4.62. The van der Waals surface area contributed by atoms with Crippen LogP contribution in [-0.4, -0.2) is 47.8 Å². The van der Waals surface area contributed by atoms with Gasteiger partial charge < -0.3 is 20.4 Å². The second kappa shape index (κ2) is 11.2. The highest BCUT2D eigenvalue weighted by Crippen LogP contribution is 2.41. The van der Waals surface area contributed by atoms with Crippen LogP contribution in [0.5, 0.6) is 0 Å². The minimum absolute atomic E-state index is 0.0232. The van der Waals surface area contributed by atoms with Gasteiger partial charge >= 0.3 is 0 Å². The van der Waals surface area contributed by atoms with Crippen molar-refractivity contribution in [3.05, 3.63) is 76.4 Å². The summed E-state index contributed by atoms with van der Waals surface area (Å²) < 4.78 is 0. The molecule has 0 unspecified atom stereocenters. The molecule has 1 saturated carbocycles. The average Bonchev–Trinajstić information content (AvgIpc) is 3.38. The maximum absolute atomic E-state index is 6.37. The summed E-state index contributed by atoms with van der Waals surface area (Å²) in [6.45, 7) is 4.27. The van der Waals surface area contributed by atoms with E-state index in [9.17, 15) is 0 Å². The van der Waals surface area contributed by atoms with Gasteiger partial charge in [-0.1, -0.05) is 66.4 Å². The van der Waals surface area contributed by atoms with Gasteiger partial charge in [-0.05, 0) is 54.9 Å².